The van der Waals surface area contributed by atoms with Crippen LogP contribution in [0.3, 0.4) is 0 Å². The van der Waals surface area contributed by atoms with Crippen LogP contribution in [0.2, 0.25) is 5.02 Å². The summed E-state index contributed by atoms with van der Waals surface area (Å²) in [6, 6.07) is 18.9. The predicted octanol–water partition coefficient (Wildman–Crippen LogP) is 6.11. The van der Waals surface area contributed by atoms with Gasteiger partial charge in [-0.15, -0.1) is 10.2 Å². The number of imide groups is 2. The summed E-state index contributed by atoms with van der Waals surface area (Å²) in [6.45, 7) is 7.44. The summed E-state index contributed by atoms with van der Waals surface area (Å²) in [5, 5.41) is 16.7. The fourth-order valence-electron chi connectivity index (χ4n) is 9.32. The minimum Gasteiger partial charge on any atom is -0.369 e. The van der Waals surface area contributed by atoms with E-state index in [4.69, 9.17) is 21.7 Å². The van der Waals surface area contributed by atoms with E-state index in [0.717, 1.165) is 127 Å². The third-order valence-electron chi connectivity index (χ3n) is 12.9. The predicted molar refractivity (Wildman–Crippen MR) is 230 cm³/mol. The molecule has 61 heavy (non-hydrogen) atoms. The number of amides is 4. The van der Waals surface area contributed by atoms with E-state index in [2.05, 4.69) is 59.0 Å². The van der Waals surface area contributed by atoms with Crippen LogP contribution >= 0.6 is 11.6 Å². The first-order chi connectivity index (χ1) is 29.7. The van der Waals surface area contributed by atoms with E-state index in [-0.39, 0.29) is 24.3 Å². The highest BCUT2D eigenvalue weighted by Gasteiger charge is 2.51. The summed E-state index contributed by atoms with van der Waals surface area (Å²) >= 11 is 6.29. The summed E-state index contributed by atoms with van der Waals surface area (Å²) in [6.07, 6.45) is 11.9. The highest BCUT2D eigenvalue weighted by atomic mass is 35.5. The van der Waals surface area contributed by atoms with E-state index in [0.29, 0.717) is 16.1 Å². The molecule has 312 valence electrons. The first-order valence-corrected chi connectivity index (χ1v) is 21.8. The van der Waals surface area contributed by atoms with Crippen LogP contribution in [0.1, 0.15) is 101 Å². The van der Waals surface area contributed by atoms with Gasteiger partial charge in [-0.2, -0.15) is 5.10 Å². The van der Waals surface area contributed by atoms with E-state index in [1.54, 1.807) is 12.1 Å². The molecule has 14 nitrogen and oxygen atoms in total. The molecule has 5 aliphatic rings. The van der Waals surface area contributed by atoms with Gasteiger partial charge in [0, 0.05) is 72.7 Å². The maximum Gasteiger partial charge on any atom is 0.262 e. The number of aromatic nitrogens is 5. The fourth-order valence-corrected chi connectivity index (χ4v) is 9.44. The molecular weight excluding hydrogens is 792 g/mol. The number of aliphatic imine (C=N–C) groups is 1. The second-order valence-corrected chi connectivity index (χ2v) is 17.3. The van der Waals surface area contributed by atoms with Gasteiger partial charge in [0.25, 0.3) is 11.8 Å². The smallest absolute Gasteiger partial charge is 0.262 e. The number of nitrogens with one attached hydrogen (secondary N) is 1. The molecule has 3 aromatic carbocycles. The largest absolute Gasteiger partial charge is 0.369 e. The topological polar surface area (TPSA) is 151 Å². The normalized spacial score (nSPS) is 19.4. The Morgan fingerprint density at radius 2 is 1.51 bits per heavy atom. The number of halogens is 1. The van der Waals surface area contributed by atoms with Crippen LogP contribution in [0.5, 0.6) is 0 Å². The third kappa shape index (κ3) is 7.35. The summed E-state index contributed by atoms with van der Waals surface area (Å²) in [4.78, 5) is 61.6. The third-order valence-corrected chi connectivity index (χ3v) is 13.1. The van der Waals surface area contributed by atoms with Crippen LogP contribution in [-0.2, 0) is 21.7 Å². The Bertz CT molecular complexity index is 2600. The molecule has 0 radical (unpaired) electrons. The summed E-state index contributed by atoms with van der Waals surface area (Å²) < 4.78 is 4.23. The van der Waals surface area contributed by atoms with Gasteiger partial charge in [0.15, 0.2) is 5.82 Å². The molecule has 0 bridgehead atoms. The number of hydrogen-bond acceptors (Lipinski definition) is 10. The zero-order valence-electron chi connectivity index (χ0n) is 34.1. The molecule has 4 amide bonds. The van der Waals surface area contributed by atoms with Crippen molar-refractivity contribution in [2.75, 3.05) is 37.6 Å². The molecule has 2 saturated heterocycles. The van der Waals surface area contributed by atoms with Gasteiger partial charge in [-0.05, 0) is 93.6 Å². The van der Waals surface area contributed by atoms with Gasteiger partial charge in [0.2, 0.25) is 11.8 Å². The summed E-state index contributed by atoms with van der Waals surface area (Å²) in [5.74, 6) is -0.170. The number of carbonyl (C=O) groups excluding carboxylic acids is 4. The summed E-state index contributed by atoms with van der Waals surface area (Å²) in [5.41, 5.74) is 7.37. The number of hydrogen-bond donors (Lipinski definition) is 1. The minimum atomic E-state index is -0.961. The molecule has 1 aliphatic carbocycles. The van der Waals surface area contributed by atoms with Gasteiger partial charge in [0.05, 0.1) is 28.7 Å². The molecule has 5 aromatic rings. The van der Waals surface area contributed by atoms with Gasteiger partial charge in [-0.1, -0.05) is 49.1 Å². The fraction of sp³-hybridized carbons (Fsp3) is 0.391. The standard InChI is InChI=1S/C46H47ClN10O4/c1-29-51-52-45-46(17-18-46)50-41(30-7-10-33(47)11-8-30)37-25-31(9-14-38(37)56(29)45)32-27-48-55(28-32)20-6-4-2-3-5-19-53-21-23-54(24-22-53)34-12-13-35-36(26-34)44(61)57(43(35)60)39-15-16-40(58)49-42(39)59/h7-14,25-28,39H,2-6,15-24H2,1H3,(H,49,58,59). The lowest BCUT2D eigenvalue weighted by atomic mass is 9.96. The monoisotopic (exact) mass is 838 g/mol. The molecule has 4 aliphatic heterocycles. The van der Waals surface area contributed by atoms with Gasteiger partial charge < -0.3 is 4.90 Å². The van der Waals surface area contributed by atoms with Crippen LogP contribution in [0.25, 0.3) is 16.8 Å². The van der Waals surface area contributed by atoms with E-state index >= 15 is 0 Å². The molecule has 6 heterocycles. The van der Waals surface area contributed by atoms with Crippen molar-refractivity contribution in [1.82, 2.24) is 39.7 Å². The Labute approximate surface area is 358 Å². The van der Waals surface area contributed by atoms with Crippen LogP contribution in [0, 0.1) is 6.92 Å². The lowest BCUT2D eigenvalue weighted by molar-refractivity contribution is -0.136. The number of rotatable bonds is 12. The maximum absolute atomic E-state index is 13.3. The van der Waals surface area contributed by atoms with Crippen LogP contribution < -0.4 is 10.2 Å². The number of nitrogens with zero attached hydrogens (tertiary/aromatic N) is 9. The molecular formula is C46H47ClN10O4. The summed E-state index contributed by atoms with van der Waals surface area (Å²) in [7, 11) is 0. The average molecular weight is 839 g/mol. The Balaban J connectivity index is 0.693. The Kier molecular flexibility index (Phi) is 10.1. The van der Waals surface area contributed by atoms with Gasteiger partial charge in [0.1, 0.15) is 17.4 Å². The SMILES string of the molecule is Cc1nnc2n1-c1ccc(-c3cnn(CCCCCCCN4CCN(c5ccc6c(c5)C(=O)N(C5CCC(=O)NC5=O)C6=O)CC4)c3)cc1C(c1ccc(Cl)cc1)=NC21CC1. The Morgan fingerprint density at radius 1 is 0.770 bits per heavy atom. The lowest BCUT2D eigenvalue weighted by Gasteiger charge is -2.36. The first kappa shape index (κ1) is 39.2. The molecule has 1 atom stereocenters. The zero-order chi connectivity index (χ0) is 41.8. The average Bonchev–Trinajstić information content (AvgIpc) is 3.62. The highest BCUT2D eigenvalue weighted by Crippen LogP contribution is 2.52. The number of carbonyl (C=O) groups is 4. The number of piperazine rings is 1. The quantitative estimate of drug-likeness (QED) is 0.116. The van der Waals surface area contributed by atoms with Crippen molar-refractivity contribution in [3.05, 3.63) is 112 Å². The van der Waals surface area contributed by atoms with Crippen molar-refractivity contribution in [1.29, 1.82) is 0 Å². The maximum atomic E-state index is 13.3. The van der Waals surface area contributed by atoms with Crippen molar-refractivity contribution < 1.29 is 19.2 Å². The van der Waals surface area contributed by atoms with Crippen molar-refractivity contribution in [2.45, 2.75) is 82.8 Å². The first-order valence-electron chi connectivity index (χ1n) is 21.4. The van der Waals surface area contributed by atoms with Crippen LogP contribution in [0.15, 0.2) is 78.0 Å². The molecule has 1 spiro atoms. The number of unbranched alkanes of at least 4 members (excludes halogenated alkanes) is 4. The van der Waals surface area contributed by atoms with Gasteiger partial charge in [-0.25, -0.2) is 0 Å². The molecule has 3 fully saturated rings. The van der Waals surface area contributed by atoms with Crippen molar-refractivity contribution in [3.8, 4) is 16.8 Å². The van der Waals surface area contributed by atoms with E-state index in [1.807, 2.05) is 43.5 Å². The molecule has 15 heteroatoms. The van der Waals surface area contributed by atoms with Gasteiger partial charge in [-0.3, -0.25) is 48.5 Å². The number of piperidine rings is 1. The van der Waals surface area contributed by atoms with E-state index in [9.17, 15) is 19.2 Å². The van der Waals surface area contributed by atoms with Crippen molar-refractivity contribution in [3.63, 3.8) is 0 Å². The zero-order valence-corrected chi connectivity index (χ0v) is 34.9. The second kappa shape index (κ2) is 15.8. The Hall–Kier alpha value is -5.99. The molecule has 1 N–H and O–H groups in total. The molecule has 10 rings (SSSR count). The molecule has 1 saturated carbocycles. The van der Waals surface area contributed by atoms with E-state index < -0.39 is 23.8 Å². The minimum absolute atomic E-state index is 0.101. The number of fused-ring (bicyclic) bond motifs is 5. The molecule has 1 unspecified atom stereocenters. The second-order valence-electron chi connectivity index (χ2n) is 16.9. The Morgan fingerprint density at radius 3 is 2.28 bits per heavy atom. The lowest BCUT2D eigenvalue weighted by Crippen LogP contribution is -2.54. The van der Waals surface area contributed by atoms with Gasteiger partial charge >= 0.3 is 0 Å². The molecule has 2 aromatic heterocycles. The number of aryl methyl sites for hydroxylation is 2. The van der Waals surface area contributed by atoms with Crippen LogP contribution in [-0.4, -0.2) is 102 Å². The van der Waals surface area contributed by atoms with Crippen molar-refractivity contribution >= 4 is 46.6 Å². The highest BCUT2D eigenvalue weighted by molar-refractivity contribution is 6.30. The van der Waals surface area contributed by atoms with E-state index in [1.165, 1.54) is 12.8 Å². The van der Waals surface area contributed by atoms with Crippen molar-refractivity contribution in [2.24, 2.45) is 4.99 Å². The number of anilines is 1. The van der Waals surface area contributed by atoms with Crippen LogP contribution in [0.4, 0.5) is 5.69 Å². The number of benzene rings is 3.